The third kappa shape index (κ3) is 5.22. The third-order valence-corrected chi connectivity index (χ3v) is 5.46. The maximum Gasteiger partial charge on any atom is 0.228 e. The van der Waals surface area contributed by atoms with E-state index in [1.54, 1.807) is 0 Å². The average molecular weight is 359 g/mol. The van der Waals surface area contributed by atoms with Gasteiger partial charge in [0, 0.05) is 43.8 Å². The molecule has 3 rings (SSSR count). The summed E-state index contributed by atoms with van der Waals surface area (Å²) >= 11 is 1.94. The second-order valence-corrected chi connectivity index (χ2v) is 7.28. The van der Waals surface area contributed by atoms with E-state index in [1.165, 1.54) is 11.3 Å². The number of rotatable bonds is 6. The fraction of sp³-hybridized carbons (Fsp3) is 0.500. The summed E-state index contributed by atoms with van der Waals surface area (Å²) in [6.07, 6.45) is 1.92. The molecule has 1 saturated heterocycles. The predicted molar refractivity (Wildman–Crippen MR) is 101 cm³/mol. The average Bonchev–Trinajstić information content (AvgIpc) is 3.27. The highest BCUT2D eigenvalue weighted by Gasteiger charge is 2.24. The highest BCUT2D eigenvalue weighted by Crippen LogP contribution is 2.25. The Morgan fingerprint density at radius 3 is 2.96 bits per heavy atom. The second-order valence-electron chi connectivity index (χ2n) is 6.18. The minimum Gasteiger partial charge on any atom is -0.356 e. The molecular formula is C18H25N5OS. The van der Waals surface area contributed by atoms with Crippen LogP contribution in [0.4, 0.5) is 0 Å². The van der Waals surface area contributed by atoms with Gasteiger partial charge in [0.15, 0.2) is 11.8 Å². The van der Waals surface area contributed by atoms with Crippen LogP contribution >= 0.6 is 11.8 Å². The number of likely N-dealkylation sites (tertiary alicyclic amines) is 1. The Labute approximate surface area is 153 Å². The van der Waals surface area contributed by atoms with Crippen LogP contribution in [0.25, 0.3) is 0 Å². The molecule has 0 radical (unpaired) electrons. The minimum absolute atomic E-state index is 0.666. The highest BCUT2D eigenvalue weighted by molar-refractivity contribution is 7.99. The fourth-order valence-corrected chi connectivity index (χ4v) is 4.00. The Balaban J connectivity index is 1.41. The van der Waals surface area contributed by atoms with Crippen molar-refractivity contribution in [2.75, 3.05) is 32.4 Å². The molecule has 1 aliphatic rings. The minimum atomic E-state index is 0.666. The van der Waals surface area contributed by atoms with Crippen molar-refractivity contribution in [2.24, 2.45) is 10.9 Å². The smallest absolute Gasteiger partial charge is 0.228 e. The van der Waals surface area contributed by atoms with Gasteiger partial charge in [-0.2, -0.15) is 4.98 Å². The molecule has 0 amide bonds. The van der Waals surface area contributed by atoms with E-state index in [4.69, 9.17) is 4.52 Å². The van der Waals surface area contributed by atoms with Crippen LogP contribution in [0.3, 0.4) is 0 Å². The van der Waals surface area contributed by atoms with Gasteiger partial charge in [-0.3, -0.25) is 4.99 Å². The summed E-state index contributed by atoms with van der Waals surface area (Å²) in [5.41, 5.74) is 0. The molecule has 1 atom stereocenters. The van der Waals surface area contributed by atoms with Crippen molar-refractivity contribution < 1.29 is 4.52 Å². The maximum atomic E-state index is 5.14. The van der Waals surface area contributed by atoms with E-state index in [-0.39, 0.29) is 0 Å². The largest absolute Gasteiger partial charge is 0.356 e. The van der Waals surface area contributed by atoms with Crippen molar-refractivity contribution in [3.05, 3.63) is 42.0 Å². The standard InChI is InChI=1S/C18H25N5OS/c1-14-21-17(24-22-14)8-10-20-18(19-2)23-11-9-15(12-23)13-25-16-6-4-3-5-7-16/h3-7,15H,8-13H2,1-2H3,(H,19,20). The molecule has 1 aliphatic heterocycles. The molecule has 0 bridgehead atoms. The topological polar surface area (TPSA) is 66.5 Å². The number of guanidine groups is 1. The monoisotopic (exact) mass is 359 g/mol. The molecule has 2 heterocycles. The number of aliphatic imine (C=N–C) groups is 1. The highest BCUT2D eigenvalue weighted by atomic mass is 32.2. The summed E-state index contributed by atoms with van der Waals surface area (Å²) in [7, 11) is 1.84. The van der Waals surface area contributed by atoms with Crippen LogP contribution in [0.2, 0.25) is 0 Å². The van der Waals surface area contributed by atoms with Crippen molar-refractivity contribution in [2.45, 2.75) is 24.7 Å². The molecule has 0 aliphatic carbocycles. The first-order valence-corrected chi connectivity index (χ1v) is 9.66. The first kappa shape index (κ1) is 17.8. The summed E-state index contributed by atoms with van der Waals surface area (Å²) in [5.74, 6) is 4.15. The molecule has 25 heavy (non-hydrogen) atoms. The Bertz CT molecular complexity index is 688. The Hall–Kier alpha value is -2.02. The SMILES string of the molecule is CN=C(NCCc1nc(C)no1)N1CCC(CSc2ccccc2)C1. The van der Waals surface area contributed by atoms with Crippen molar-refractivity contribution in [3.63, 3.8) is 0 Å². The van der Waals surface area contributed by atoms with Gasteiger partial charge in [-0.15, -0.1) is 11.8 Å². The quantitative estimate of drug-likeness (QED) is 0.486. The van der Waals surface area contributed by atoms with E-state index >= 15 is 0 Å². The lowest BCUT2D eigenvalue weighted by Gasteiger charge is -2.21. The van der Waals surface area contributed by atoms with Gasteiger partial charge in [0.2, 0.25) is 5.89 Å². The zero-order valence-electron chi connectivity index (χ0n) is 14.8. The van der Waals surface area contributed by atoms with Gasteiger partial charge in [0.05, 0.1) is 0 Å². The molecular weight excluding hydrogens is 334 g/mol. The lowest BCUT2D eigenvalue weighted by molar-refractivity contribution is 0.373. The van der Waals surface area contributed by atoms with Gasteiger partial charge in [-0.25, -0.2) is 0 Å². The van der Waals surface area contributed by atoms with E-state index in [9.17, 15) is 0 Å². The lowest BCUT2D eigenvalue weighted by atomic mass is 10.2. The number of hydrogen-bond donors (Lipinski definition) is 1. The van der Waals surface area contributed by atoms with Crippen LogP contribution in [0.5, 0.6) is 0 Å². The molecule has 0 spiro atoms. The normalized spacial score (nSPS) is 17.9. The summed E-state index contributed by atoms with van der Waals surface area (Å²) in [4.78, 5) is 12.3. The molecule has 6 nitrogen and oxygen atoms in total. The van der Waals surface area contributed by atoms with E-state index in [2.05, 4.69) is 55.7 Å². The van der Waals surface area contributed by atoms with Gasteiger partial charge >= 0.3 is 0 Å². The van der Waals surface area contributed by atoms with Crippen LogP contribution < -0.4 is 5.32 Å². The molecule has 1 unspecified atom stereocenters. The van der Waals surface area contributed by atoms with Gasteiger partial charge in [0.25, 0.3) is 0 Å². The van der Waals surface area contributed by atoms with E-state index in [0.29, 0.717) is 24.1 Å². The lowest BCUT2D eigenvalue weighted by Crippen LogP contribution is -2.41. The van der Waals surface area contributed by atoms with Crippen molar-refractivity contribution in [3.8, 4) is 0 Å². The maximum absolute atomic E-state index is 5.14. The van der Waals surface area contributed by atoms with E-state index < -0.39 is 0 Å². The molecule has 134 valence electrons. The van der Waals surface area contributed by atoms with E-state index in [1.807, 2.05) is 25.7 Å². The van der Waals surface area contributed by atoms with Crippen LogP contribution in [-0.2, 0) is 6.42 Å². The van der Waals surface area contributed by atoms with Crippen molar-refractivity contribution in [1.82, 2.24) is 20.4 Å². The summed E-state index contributed by atoms with van der Waals surface area (Å²) in [6, 6.07) is 10.6. The molecule has 2 aromatic rings. The summed E-state index contributed by atoms with van der Waals surface area (Å²) in [6.45, 7) is 4.68. The Morgan fingerprint density at radius 1 is 1.40 bits per heavy atom. The number of nitrogens with one attached hydrogen (secondary N) is 1. The number of aromatic nitrogens is 2. The van der Waals surface area contributed by atoms with Crippen LogP contribution in [-0.4, -0.2) is 53.4 Å². The van der Waals surface area contributed by atoms with Crippen LogP contribution in [0.1, 0.15) is 18.1 Å². The summed E-state index contributed by atoms with van der Waals surface area (Å²) < 4.78 is 5.14. The number of hydrogen-bond acceptors (Lipinski definition) is 5. The molecule has 0 saturated carbocycles. The zero-order chi connectivity index (χ0) is 17.5. The first-order chi connectivity index (χ1) is 12.2. The van der Waals surface area contributed by atoms with E-state index in [0.717, 1.165) is 31.3 Å². The number of thioether (sulfide) groups is 1. The molecule has 1 aromatic carbocycles. The fourth-order valence-electron chi connectivity index (χ4n) is 2.95. The number of benzene rings is 1. The van der Waals surface area contributed by atoms with Gasteiger partial charge in [0.1, 0.15) is 0 Å². The van der Waals surface area contributed by atoms with Gasteiger partial charge < -0.3 is 14.7 Å². The molecule has 7 heteroatoms. The number of aryl methyl sites for hydroxylation is 1. The molecule has 1 N–H and O–H groups in total. The van der Waals surface area contributed by atoms with Crippen LogP contribution in [0, 0.1) is 12.8 Å². The predicted octanol–water partition coefficient (Wildman–Crippen LogP) is 2.61. The van der Waals surface area contributed by atoms with Crippen molar-refractivity contribution >= 4 is 17.7 Å². The summed E-state index contributed by atoms with van der Waals surface area (Å²) in [5, 5.41) is 7.22. The van der Waals surface area contributed by atoms with Gasteiger partial charge in [-0.05, 0) is 31.4 Å². The third-order valence-electron chi connectivity index (χ3n) is 4.22. The Morgan fingerprint density at radius 2 is 2.24 bits per heavy atom. The van der Waals surface area contributed by atoms with Crippen LogP contribution in [0.15, 0.2) is 44.7 Å². The zero-order valence-corrected chi connectivity index (χ0v) is 15.6. The Kier molecular flexibility index (Phi) is 6.33. The second kappa shape index (κ2) is 8.89. The number of nitrogens with zero attached hydrogens (tertiary/aromatic N) is 4. The molecule has 1 aromatic heterocycles. The first-order valence-electron chi connectivity index (χ1n) is 8.67. The van der Waals surface area contributed by atoms with Gasteiger partial charge in [-0.1, -0.05) is 23.4 Å². The molecule has 1 fully saturated rings. The van der Waals surface area contributed by atoms with Crippen molar-refractivity contribution in [1.29, 1.82) is 0 Å².